The molecule has 0 aromatic heterocycles. The predicted octanol–water partition coefficient (Wildman–Crippen LogP) is 2.30. The van der Waals surface area contributed by atoms with Gasteiger partial charge in [0.2, 0.25) is 0 Å². The second kappa shape index (κ2) is 7.26. The first-order valence-electron chi connectivity index (χ1n) is 6.68. The molecule has 4 nitrogen and oxygen atoms in total. The number of carboxylic acid groups (broad SMARTS) is 1. The summed E-state index contributed by atoms with van der Waals surface area (Å²) in [5.41, 5.74) is 1.95. The molecule has 0 amide bonds. The predicted molar refractivity (Wildman–Crippen MR) is 75.2 cm³/mol. The molecular weight excluding hydrogens is 242 g/mol. The summed E-state index contributed by atoms with van der Waals surface area (Å²) in [6, 6.07) is 7.23. The first kappa shape index (κ1) is 15.7. The van der Waals surface area contributed by atoms with Crippen LogP contribution < -0.4 is 5.32 Å². The molecule has 0 aliphatic rings. The van der Waals surface area contributed by atoms with Gasteiger partial charge < -0.3 is 15.5 Å². The molecule has 106 valence electrons. The lowest BCUT2D eigenvalue weighted by Crippen LogP contribution is -2.36. The highest BCUT2D eigenvalue weighted by atomic mass is 16.4. The van der Waals surface area contributed by atoms with E-state index in [-0.39, 0.29) is 6.42 Å². The van der Waals surface area contributed by atoms with Gasteiger partial charge in [-0.05, 0) is 23.6 Å². The van der Waals surface area contributed by atoms with Crippen molar-refractivity contribution in [3.05, 3.63) is 35.4 Å². The summed E-state index contributed by atoms with van der Waals surface area (Å²) in [4.78, 5) is 10.8. The maximum Gasteiger partial charge on any atom is 0.305 e. The normalized spacial score (nSPS) is 14.4. The van der Waals surface area contributed by atoms with Crippen LogP contribution in [0.25, 0.3) is 0 Å². The Morgan fingerprint density at radius 1 is 1.21 bits per heavy atom. The highest BCUT2D eigenvalue weighted by Gasteiger charge is 2.22. The van der Waals surface area contributed by atoms with Crippen LogP contribution in [0.5, 0.6) is 0 Å². The van der Waals surface area contributed by atoms with Crippen LogP contribution in [-0.4, -0.2) is 28.8 Å². The Kier molecular flexibility index (Phi) is 5.99. The first-order valence-corrected chi connectivity index (χ1v) is 6.68. The zero-order chi connectivity index (χ0) is 14.4. The molecule has 0 heterocycles. The van der Waals surface area contributed by atoms with Crippen LogP contribution in [0.3, 0.4) is 0 Å². The molecule has 0 aliphatic carbocycles. The van der Waals surface area contributed by atoms with Gasteiger partial charge in [-0.1, -0.05) is 45.0 Å². The fourth-order valence-corrected chi connectivity index (χ4v) is 2.06. The summed E-state index contributed by atoms with van der Waals surface area (Å²) in [6.07, 6.45) is -0.904. The lowest BCUT2D eigenvalue weighted by molar-refractivity contribution is -0.138. The van der Waals surface area contributed by atoms with E-state index in [9.17, 15) is 9.90 Å². The van der Waals surface area contributed by atoms with Crippen molar-refractivity contribution in [2.75, 3.05) is 6.54 Å². The largest absolute Gasteiger partial charge is 0.481 e. The van der Waals surface area contributed by atoms with E-state index in [1.165, 1.54) is 5.56 Å². The van der Waals surface area contributed by atoms with E-state index in [4.69, 9.17) is 5.11 Å². The summed E-state index contributed by atoms with van der Waals surface area (Å²) >= 11 is 0. The Bertz CT molecular complexity index is 400. The number of likely N-dealkylation sites (N-methyl/N-ethyl adjacent to an activating group) is 1. The molecule has 1 aromatic rings. The number of hydrogen-bond donors (Lipinski definition) is 3. The third kappa shape index (κ3) is 4.65. The number of aliphatic hydroxyl groups is 1. The number of nitrogens with one attached hydrogen (secondary N) is 1. The molecule has 2 atom stereocenters. The minimum Gasteiger partial charge on any atom is -0.481 e. The summed E-state index contributed by atoms with van der Waals surface area (Å²) in [6.45, 7) is 6.73. The third-order valence-electron chi connectivity index (χ3n) is 3.19. The number of hydrogen-bond acceptors (Lipinski definition) is 3. The van der Waals surface area contributed by atoms with Gasteiger partial charge in [0, 0.05) is 6.04 Å². The van der Waals surface area contributed by atoms with Gasteiger partial charge in [-0.2, -0.15) is 0 Å². The van der Waals surface area contributed by atoms with Crippen LogP contribution in [0.2, 0.25) is 0 Å². The lowest BCUT2D eigenvalue weighted by atomic mass is 9.96. The molecule has 0 fully saturated rings. The quantitative estimate of drug-likeness (QED) is 0.707. The lowest BCUT2D eigenvalue weighted by Gasteiger charge is -2.23. The van der Waals surface area contributed by atoms with Crippen molar-refractivity contribution >= 4 is 5.97 Å². The average Bonchev–Trinajstić information content (AvgIpc) is 2.37. The highest BCUT2D eigenvalue weighted by molar-refractivity contribution is 5.67. The van der Waals surface area contributed by atoms with Crippen LogP contribution in [0.4, 0.5) is 0 Å². The van der Waals surface area contributed by atoms with Crippen LogP contribution >= 0.6 is 0 Å². The van der Waals surface area contributed by atoms with E-state index in [1.54, 1.807) is 0 Å². The van der Waals surface area contributed by atoms with E-state index in [0.29, 0.717) is 12.5 Å². The van der Waals surface area contributed by atoms with Gasteiger partial charge in [-0.15, -0.1) is 0 Å². The molecule has 1 rings (SSSR count). The summed E-state index contributed by atoms with van der Waals surface area (Å²) < 4.78 is 0. The fourth-order valence-electron chi connectivity index (χ4n) is 2.06. The van der Waals surface area contributed by atoms with Gasteiger partial charge in [0.05, 0.1) is 12.5 Å². The van der Waals surface area contributed by atoms with Crippen molar-refractivity contribution in [2.45, 2.75) is 45.3 Å². The molecule has 19 heavy (non-hydrogen) atoms. The average molecular weight is 265 g/mol. The van der Waals surface area contributed by atoms with Gasteiger partial charge in [-0.3, -0.25) is 4.79 Å². The summed E-state index contributed by atoms with van der Waals surface area (Å²) in [7, 11) is 0. The minimum atomic E-state index is -0.913. The van der Waals surface area contributed by atoms with E-state index >= 15 is 0 Å². The number of aliphatic carboxylic acids is 1. The molecule has 0 saturated heterocycles. The van der Waals surface area contributed by atoms with Crippen LogP contribution in [-0.2, 0) is 4.79 Å². The SMILES string of the molecule is CCNC(CC(=O)O)C(O)c1ccc(C(C)C)cc1. The Morgan fingerprint density at radius 2 is 1.74 bits per heavy atom. The minimum absolute atomic E-state index is 0.0963. The molecular formula is C15H23NO3. The van der Waals surface area contributed by atoms with E-state index < -0.39 is 18.1 Å². The van der Waals surface area contributed by atoms with Crippen molar-refractivity contribution in [1.82, 2.24) is 5.32 Å². The first-order chi connectivity index (χ1) is 8.95. The monoisotopic (exact) mass is 265 g/mol. The Hall–Kier alpha value is -1.39. The topological polar surface area (TPSA) is 69.6 Å². The maximum absolute atomic E-state index is 10.8. The highest BCUT2D eigenvalue weighted by Crippen LogP contribution is 2.22. The van der Waals surface area contributed by atoms with Crippen LogP contribution in [0, 0.1) is 0 Å². The van der Waals surface area contributed by atoms with Crippen molar-refractivity contribution in [3.63, 3.8) is 0 Å². The second-order valence-corrected chi connectivity index (χ2v) is 5.03. The fraction of sp³-hybridized carbons (Fsp3) is 0.533. The smallest absolute Gasteiger partial charge is 0.305 e. The third-order valence-corrected chi connectivity index (χ3v) is 3.19. The maximum atomic E-state index is 10.8. The Labute approximate surface area is 114 Å². The van der Waals surface area contributed by atoms with Crippen LogP contribution in [0.1, 0.15) is 50.3 Å². The van der Waals surface area contributed by atoms with Crippen molar-refractivity contribution in [3.8, 4) is 0 Å². The van der Waals surface area contributed by atoms with E-state index in [0.717, 1.165) is 5.56 Å². The molecule has 0 radical (unpaired) electrons. The molecule has 3 N–H and O–H groups in total. The molecule has 0 aliphatic heterocycles. The molecule has 4 heteroatoms. The zero-order valence-electron chi connectivity index (χ0n) is 11.8. The Morgan fingerprint density at radius 3 is 2.16 bits per heavy atom. The van der Waals surface area contributed by atoms with E-state index in [2.05, 4.69) is 19.2 Å². The second-order valence-electron chi connectivity index (χ2n) is 5.03. The van der Waals surface area contributed by atoms with Gasteiger partial charge >= 0.3 is 5.97 Å². The van der Waals surface area contributed by atoms with Gasteiger partial charge in [0.25, 0.3) is 0 Å². The molecule has 0 spiro atoms. The molecule has 2 unspecified atom stereocenters. The summed E-state index contributed by atoms with van der Waals surface area (Å²) in [5, 5.41) is 22.2. The molecule has 1 aromatic carbocycles. The van der Waals surface area contributed by atoms with E-state index in [1.807, 2.05) is 31.2 Å². The standard InChI is InChI=1S/C15H23NO3/c1-4-16-13(9-14(17)18)15(19)12-7-5-11(6-8-12)10(2)3/h5-8,10,13,15-16,19H,4,9H2,1-3H3,(H,17,18). The summed E-state index contributed by atoms with van der Waals surface area (Å²) in [5.74, 6) is -0.474. The number of rotatable bonds is 7. The van der Waals surface area contributed by atoms with Gasteiger partial charge in [-0.25, -0.2) is 0 Å². The van der Waals surface area contributed by atoms with Crippen molar-refractivity contribution in [1.29, 1.82) is 0 Å². The Balaban J connectivity index is 2.83. The van der Waals surface area contributed by atoms with Crippen molar-refractivity contribution < 1.29 is 15.0 Å². The van der Waals surface area contributed by atoms with Gasteiger partial charge in [0.1, 0.15) is 0 Å². The zero-order valence-corrected chi connectivity index (χ0v) is 11.8. The molecule has 0 saturated carbocycles. The number of carboxylic acids is 1. The number of aliphatic hydroxyl groups excluding tert-OH is 1. The van der Waals surface area contributed by atoms with Gasteiger partial charge in [0.15, 0.2) is 0 Å². The number of carbonyl (C=O) groups is 1. The number of benzene rings is 1. The molecule has 0 bridgehead atoms. The van der Waals surface area contributed by atoms with Crippen LogP contribution in [0.15, 0.2) is 24.3 Å². The van der Waals surface area contributed by atoms with Crippen molar-refractivity contribution in [2.24, 2.45) is 0 Å².